The highest BCUT2D eigenvalue weighted by molar-refractivity contribution is 5.98. The number of amides is 3. The fourth-order valence-electron chi connectivity index (χ4n) is 5.19. The van der Waals surface area contributed by atoms with E-state index in [-0.39, 0.29) is 29.9 Å². The Bertz CT molecular complexity index is 1230. The Kier molecular flexibility index (Phi) is 13.1. The molecule has 0 aliphatic carbocycles. The quantitative estimate of drug-likeness (QED) is 0.222. The number of benzene rings is 2. The monoisotopic (exact) mass is 607 g/mol. The minimum atomic E-state index is -0.969. The van der Waals surface area contributed by atoms with Crippen LogP contribution in [0.5, 0.6) is 0 Å². The minimum absolute atomic E-state index is 0.0880. The van der Waals surface area contributed by atoms with E-state index < -0.39 is 41.6 Å². The highest BCUT2D eigenvalue weighted by atomic mass is 16.6. The van der Waals surface area contributed by atoms with Crippen LogP contribution in [-0.2, 0) is 41.5 Å². The van der Waals surface area contributed by atoms with Crippen LogP contribution in [0.3, 0.4) is 0 Å². The number of ketones is 1. The predicted molar refractivity (Wildman–Crippen MR) is 170 cm³/mol. The lowest BCUT2D eigenvalue weighted by molar-refractivity contribution is -0.137. The molecule has 0 aromatic heterocycles. The number of methoxy groups -OCH3 is 1. The molecule has 240 valence electrons. The van der Waals surface area contributed by atoms with Crippen molar-refractivity contribution in [2.45, 2.75) is 96.6 Å². The summed E-state index contributed by atoms with van der Waals surface area (Å²) in [5.74, 6) is -1.24. The lowest BCUT2D eigenvalue weighted by atomic mass is 9.93. The average Bonchev–Trinajstić information content (AvgIpc) is 3.74. The molecule has 1 heterocycles. The van der Waals surface area contributed by atoms with Crippen molar-refractivity contribution in [2.75, 3.05) is 13.7 Å². The van der Waals surface area contributed by atoms with Crippen molar-refractivity contribution >= 4 is 23.5 Å². The second-order valence-electron chi connectivity index (χ2n) is 12.8. The van der Waals surface area contributed by atoms with E-state index in [0.29, 0.717) is 32.3 Å². The minimum Gasteiger partial charge on any atom is -0.372 e. The van der Waals surface area contributed by atoms with Gasteiger partial charge < -0.3 is 25.4 Å². The smallest absolute Gasteiger partial charge is 0.249 e. The van der Waals surface area contributed by atoms with Crippen LogP contribution < -0.4 is 16.0 Å². The molecule has 3 rings (SSSR count). The molecule has 0 bridgehead atoms. The van der Waals surface area contributed by atoms with E-state index in [0.717, 1.165) is 11.1 Å². The normalized spacial score (nSPS) is 18.6. The highest BCUT2D eigenvalue weighted by Crippen LogP contribution is 2.29. The lowest BCUT2D eigenvalue weighted by Crippen LogP contribution is -2.58. The zero-order chi connectivity index (χ0) is 32.3. The molecular formula is C35H49N3O6. The third-order valence-corrected chi connectivity index (χ3v) is 7.81. The Hall–Kier alpha value is -3.56. The zero-order valence-corrected chi connectivity index (χ0v) is 26.9. The van der Waals surface area contributed by atoms with Gasteiger partial charge >= 0.3 is 0 Å². The first-order valence-electron chi connectivity index (χ1n) is 15.6. The van der Waals surface area contributed by atoms with E-state index in [1.165, 1.54) is 7.11 Å². The molecule has 9 nitrogen and oxygen atoms in total. The van der Waals surface area contributed by atoms with Gasteiger partial charge in [0.15, 0.2) is 5.78 Å². The number of ether oxygens (including phenoxy) is 2. The van der Waals surface area contributed by atoms with Gasteiger partial charge in [-0.2, -0.15) is 0 Å². The fourth-order valence-corrected chi connectivity index (χ4v) is 5.19. The third kappa shape index (κ3) is 10.9. The summed E-state index contributed by atoms with van der Waals surface area (Å²) >= 11 is 0. The number of nitrogens with one attached hydrogen (secondary N) is 3. The van der Waals surface area contributed by atoms with Crippen molar-refractivity contribution in [3.8, 4) is 0 Å². The van der Waals surface area contributed by atoms with Crippen molar-refractivity contribution in [1.29, 1.82) is 0 Å². The van der Waals surface area contributed by atoms with Crippen LogP contribution in [0, 0.1) is 11.8 Å². The maximum Gasteiger partial charge on any atom is 0.249 e. The van der Waals surface area contributed by atoms with Crippen molar-refractivity contribution < 1.29 is 28.7 Å². The van der Waals surface area contributed by atoms with Crippen LogP contribution in [0.25, 0.3) is 0 Å². The number of epoxide rings is 1. The molecule has 3 N–H and O–H groups in total. The molecule has 1 fully saturated rings. The Labute approximate surface area is 261 Å². The fraction of sp³-hybridized carbons (Fsp3) is 0.543. The summed E-state index contributed by atoms with van der Waals surface area (Å²) < 4.78 is 10.9. The van der Waals surface area contributed by atoms with Crippen LogP contribution in [0.2, 0.25) is 0 Å². The Morgan fingerprint density at radius 1 is 0.750 bits per heavy atom. The van der Waals surface area contributed by atoms with E-state index in [9.17, 15) is 19.2 Å². The van der Waals surface area contributed by atoms with E-state index >= 15 is 0 Å². The van der Waals surface area contributed by atoms with Gasteiger partial charge in [0.25, 0.3) is 0 Å². The topological polar surface area (TPSA) is 126 Å². The first kappa shape index (κ1) is 34.9. The van der Waals surface area contributed by atoms with E-state index in [1.807, 2.05) is 88.4 Å². The van der Waals surface area contributed by atoms with Gasteiger partial charge in [-0.15, -0.1) is 0 Å². The Balaban J connectivity index is 1.76. The van der Waals surface area contributed by atoms with Gasteiger partial charge in [0.2, 0.25) is 17.7 Å². The first-order chi connectivity index (χ1) is 20.9. The number of aryl methyl sites for hydroxylation is 1. The van der Waals surface area contributed by atoms with Crippen LogP contribution >= 0.6 is 0 Å². The molecule has 5 atom stereocenters. The molecule has 44 heavy (non-hydrogen) atoms. The molecule has 0 saturated carbocycles. The van der Waals surface area contributed by atoms with Gasteiger partial charge in [-0.05, 0) is 55.6 Å². The number of hydrogen-bond donors (Lipinski definition) is 3. The molecule has 2 aromatic carbocycles. The maximum absolute atomic E-state index is 13.7. The van der Waals surface area contributed by atoms with Crippen molar-refractivity contribution in [1.82, 2.24) is 16.0 Å². The lowest BCUT2D eigenvalue weighted by Gasteiger charge is -2.27. The average molecular weight is 608 g/mol. The van der Waals surface area contributed by atoms with Crippen molar-refractivity contribution in [3.63, 3.8) is 0 Å². The van der Waals surface area contributed by atoms with Crippen LogP contribution in [0.4, 0.5) is 0 Å². The van der Waals surface area contributed by atoms with E-state index in [4.69, 9.17) is 9.47 Å². The van der Waals surface area contributed by atoms with Gasteiger partial charge in [-0.25, -0.2) is 0 Å². The molecular weight excluding hydrogens is 558 g/mol. The SMILES string of the molecule is CO[C@@H](CCc1ccccc1)C(=O)NC(CC(C)C)C(=O)NC(Cc1ccccc1)C(=O)N[C@@H](CC(C)C)C(=O)[C@@]1(C)CO1. The molecule has 0 spiro atoms. The first-order valence-corrected chi connectivity index (χ1v) is 15.6. The summed E-state index contributed by atoms with van der Waals surface area (Å²) in [6.45, 7) is 9.95. The van der Waals surface area contributed by atoms with Crippen LogP contribution in [0.1, 0.15) is 65.0 Å². The van der Waals surface area contributed by atoms with E-state index in [2.05, 4.69) is 16.0 Å². The predicted octanol–water partition coefficient (Wildman–Crippen LogP) is 3.78. The van der Waals surface area contributed by atoms with Crippen LogP contribution in [-0.4, -0.2) is 67.1 Å². The standard InChI is InChI=1S/C35H49N3O6/c1-23(2)19-27(31(39)35(5)22-44-35)36-33(41)29(21-26-15-11-8-12-16-26)37-32(40)28(20-24(3)4)38-34(42)30(43-6)18-17-25-13-9-7-10-14-25/h7-16,23-24,27-30H,17-22H2,1-6H3,(H,36,41)(H,37,40)(H,38,42)/t27-,28?,29?,30-,35+/m0/s1. The second kappa shape index (κ2) is 16.5. The van der Waals surface area contributed by atoms with Gasteiger partial charge in [0, 0.05) is 13.5 Å². The molecule has 2 unspecified atom stereocenters. The van der Waals surface area contributed by atoms with Crippen LogP contribution in [0.15, 0.2) is 60.7 Å². The number of carbonyl (C=O) groups is 4. The maximum atomic E-state index is 13.7. The van der Waals surface area contributed by atoms with Crippen molar-refractivity contribution in [3.05, 3.63) is 71.8 Å². The number of Topliss-reactive ketones (excluding diaryl/α,β-unsaturated/α-hetero) is 1. The Morgan fingerprint density at radius 3 is 1.75 bits per heavy atom. The summed E-state index contributed by atoms with van der Waals surface area (Å²) in [5, 5.41) is 8.68. The summed E-state index contributed by atoms with van der Waals surface area (Å²) in [6, 6.07) is 16.6. The number of hydrogen-bond acceptors (Lipinski definition) is 6. The van der Waals surface area contributed by atoms with Gasteiger partial charge in [-0.3, -0.25) is 19.2 Å². The van der Waals surface area contributed by atoms with Gasteiger partial charge in [-0.1, -0.05) is 88.4 Å². The molecule has 3 amide bonds. The summed E-state index contributed by atoms with van der Waals surface area (Å²) in [5.41, 5.74) is 1.04. The van der Waals surface area contributed by atoms with Gasteiger partial charge in [0.1, 0.15) is 23.8 Å². The second-order valence-corrected chi connectivity index (χ2v) is 12.8. The number of rotatable bonds is 18. The molecule has 1 aliphatic heterocycles. The summed E-state index contributed by atoms with van der Waals surface area (Å²) in [6.07, 6.45) is 1.40. The summed E-state index contributed by atoms with van der Waals surface area (Å²) in [4.78, 5) is 54.0. The molecule has 1 saturated heterocycles. The molecule has 1 aliphatic rings. The van der Waals surface area contributed by atoms with Gasteiger partial charge in [0.05, 0.1) is 12.6 Å². The highest BCUT2D eigenvalue weighted by Gasteiger charge is 2.50. The van der Waals surface area contributed by atoms with Crippen molar-refractivity contribution in [2.24, 2.45) is 11.8 Å². The molecule has 9 heteroatoms. The third-order valence-electron chi connectivity index (χ3n) is 7.81. The van der Waals surface area contributed by atoms with E-state index in [1.54, 1.807) is 6.92 Å². The largest absolute Gasteiger partial charge is 0.372 e. The summed E-state index contributed by atoms with van der Waals surface area (Å²) in [7, 11) is 1.48. The molecule has 2 aromatic rings. The Morgan fingerprint density at radius 2 is 1.23 bits per heavy atom. The number of carbonyl (C=O) groups excluding carboxylic acids is 4. The molecule has 0 radical (unpaired) electrons. The zero-order valence-electron chi connectivity index (χ0n) is 26.9.